The Labute approximate surface area is 114 Å². The third-order valence-corrected chi connectivity index (χ3v) is 4.13. The molecule has 0 radical (unpaired) electrons. The SMILES string of the molecule is CCNC1C(CN(C)CC(F)(F)F)CCCC1(C)C. The number of nitrogens with one attached hydrogen (secondary N) is 1. The first-order valence-electron chi connectivity index (χ1n) is 7.14. The molecule has 114 valence electrons. The molecule has 0 aliphatic heterocycles. The highest BCUT2D eigenvalue weighted by Crippen LogP contribution is 2.39. The summed E-state index contributed by atoms with van der Waals surface area (Å²) in [6, 6.07) is 0.307. The van der Waals surface area contributed by atoms with E-state index in [0.717, 1.165) is 25.8 Å². The van der Waals surface area contributed by atoms with Crippen molar-refractivity contribution < 1.29 is 13.2 Å². The maximum absolute atomic E-state index is 12.4. The first kappa shape index (κ1) is 16.8. The van der Waals surface area contributed by atoms with Crippen LogP contribution >= 0.6 is 0 Å². The number of hydrogen-bond acceptors (Lipinski definition) is 2. The highest BCUT2D eigenvalue weighted by atomic mass is 19.4. The van der Waals surface area contributed by atoms with Gasteiger partial charge in [0.15, 0.2) is 0 Å². The van der Waals surface area contributed by atoms with E-state index >= 15 is 0 Å². The van der Waals surface area contributed by atoms with Crippen LogP contribution in [-0.2, 0) is 0 Å². The highest BCUT2D eigenvalue weighted by molar-refractivity contribution is 4.94. The zero-order valence-electron chi connectivity index (χ0n) is 12.5. The molecule has 0 bridgehead atoms. The van der Waals surface area contributed by atoms with E-state index in [9.17, 15) is 13.2 Å². The second-order valence-corrected chi connectivity index (χ2v) is 6.49. The van der Waals surface area contributed by atoms with E-state index in [-0.39, 0.29) is 5.41 Å². The summed E-state index contributed by atoms with van der Waals surface area (Å²) >= 11 is 0. The van der Waals surface area contributed by atoms with Gasteiger partial charge in [0, 0.05) is 12.6 Å². The van der Waals surface area contributed by atoms with Gasteiger partial charge in [0.2, 0.25) is 0 Å². The Kier molecular flexibility index (Phi) is 5.68. The number of alkyl halides is 3. The van der Waals surface area contributed by atoms with Gasteiger partial charge in [-0.3, -0.25) is 4.90 Å². The normalized spacial score (nSPS) is 27.8. The van der Waals surface area contributed by atoms with Gasteiger partial charge in [-0.05, 0) is 37.8 Å². The van der Waals surface area contributed by atoms with Gasteiger partial charge in [0.05, 0.1) is 6.54 Å². The van der Waals surface area contributed by atoms with Crippen LogP contribution in [0.3, 0.4) is 0 Å². The third kappa shape index (κ3) is 5.30. The lowest BCUT2D eigenvalue weighted by atomic mass is 9.67. The monoisotopic (exact) mass is 280 g/mol. The van der Waals surface area contributed by atoms with Crippen molar-refractivity contribution in [1.82, 2.24) is 10.2 Å². The van der Waals surface area contributed by atoms with Crippen molar-refractivity contribution in [3.63, 3.8) is 0 Å². The van der Waals surface area contributed by atoms with Crippen LogP contribution in [0.4, 0.5) is 13.2 Å². The summed E-state index contributed by atoms with van der Waals surface area (Å²) < 4.78 is 37.2. The molecule has 2 unspecified atom stereocenters. The van der Waals surface area contributed by atoms with Crippen LogP contribution in [0.15, 0.2) is 0 Å². The van der Waals surface area contributed by atoms with Crippen molar-refractivity contribution >= 4 is 0 Å². The van der Waals surface area contributed by atoms with Crippen molar-refractivity contribution in [2.45, 2.75) is 52.3 Å². The van der Waals surface area contributed by atoms with Gasteiger partial charge in [-0.25, -0.2) is 0 Å². The number of halogens is 3. The molecule has 1 rings (SSSR count). The fraction of sp³-hybridized carbons (Fsp3) is 1.00. The zero-order valence-corrected chi connectivity index (χ0v) is 12.5. The molecule has 1 fully saturated rings. The van der Waals surface area contributed by atoms with E-state index in [1.54, 1.807) is 7.05 Å². The molecule has 0 saturated heterocycles. The summed E-state index contributed by atoms with van der Waals surface area (Å²) in [5.74, 6) is 0.302. The van der Waals surface area contributed by atoms with Gasteiger partial charge in [-0.1, -0.05) is 27.2 Å². The molecule has 5 heteroatoms. The van der Waals surface area contributed by atoms with E-state index in [2.05, 4.69) is 26.1 Å². The molecule has 2 nitrogen and oxygen atoms in total. The minimum atomic E-state index is -4.10. The molecular weight excluding hydrogens is 253 g/mol. The molecule has 19 heavy (non-hydrogen) atoms. The van der Waals surface area contributed by atoms with Crippen molar-refractivity contribution in [1.29, 1.82) is 0 Å². The predicted molar refractivity (Wildman–Crippen MR) is 72.1 cm³/mol. The van der Waals surface area contributed by atoms with Gasteiger partial charge in [-0.2, -0.15) is 13.2 Å². The number of hydrogen-bond donors (Lipinski definition) is 1. The first-order chi connectivity index (χ1) is 8.65. The first-order valence-corrected chi connectivity index (χ1v) is 7.14. The Morgan fingerprint density at radius 1 is 1.32 bits per heavy atom. The average molecular weight is 280 g/mol. The minimum absolute atomic E-state index is 0.165. The highest BCUT2D eigenvalue weighted by Gasteiger charge is 2.39. The summed E-state index contributed by atoms with van der Waals surface area (Å²) in [6.07, 6.45) is -0.834. The fourth-order valence-corrected chi connectivity index (χ4v) is 3.41. The Bertz CT molecular complexity index is 276. The minimum Gasteiger partial charge on any atom is -0.313 e. The fourth-order valence-electron chi connectivity index (χ4n) is 3.41. The molecule has 0 heterocycles. The van der Waals surface area contributed by atoms with Crippen LogP contribution in [0.1, 0.15) is 40.0 Å². The van der Waals surface area contributed by atoms with Crippen molar-refractivity contribution in [3.8, 4) is 0 Å². The number of nitrogens with zero attached hydrogens (tertiary/aromatic N) is 1. The molecule has 1 aliphatic rings. The summed E-state index contributed by atoms with van der Waals surface area (Å²) in [5, 5.41) is 3.49. The quantitative estimate of drug-likeness (QED) is 0.831. The maximum atomic E-state index is 12.4. The zero-order chi connectivity index (χ0) is 14.7. The van der Waals surface area contributed by atoms with Crippen LogP contribution < -0.4 is 5.32 Å². The molecule has 0 amide bonds. The molecule has 0 aromatic rings. The Morgan fingerprint density at radius 2 is 1.95 bits per heavy atom. The topological polar surface area (TPSA) is 15.3 Å². The van der Waals surface area contributed by atoms with Crippen molar-refractivity contribution in [3.05, 3.63) is 0 Å². The van der Waals surface area contributed by atoms with Gasteiger partial charge in [0.1, 0.15) is 0 Å². The van der Waals surface area contributed by atoms with Crippen LogP contribution in [-0.4, -0.2) is 43.8 Å². The van der Waals surface area contributed by atoms with Crippen LogP contribution in [0, 0.1) is 11.3 Å². The van der Waals surface area contributed by atoms with Gasteiger partial charge in [0.25, 0.3) is 0 Å². The summed E-state index contributed by atoms with van der Waals surface area (Å²) in [4.78, 5) is 1.41. The Morgan fingerprint density at radius 3 is 2.47 bits per heavy atom. The summed E-state index contributed by atoms with van der Waals surface area (Å²) in [7, 11) is 1.57. The molecule has 1 N–H and O–H groups in total. The lowest BCUT2D eigenvalue weighted by molar-refractivity contribution is -0.145. The second kappa shape index (κ2) is 6.44. The molecule has 2 atom stereocenters. The second-order valence-electron chi connectivity index (χ2n) is 6.49. The van der Waals surface area contributed by atoms with Crippen molar-refractivity contribution in [2.75, 3.05) is 26.7 Å². The van der Waals surface area contributed by atoms with Gasteiger partial charge < -0.3 is 5.32 Å². The Balaban J connectivity index is 2.63. The number of rotatable bonds is 5. The molecule has 0 aromatic carbocycles. The van der Waals surface area contributed by atoms with E-state index in [1.165, 1.54) is 4.90 Å². The van der Waals surface area contributed by atoms with E-state index in [0.29, 0.717) is 18.5 Å². The van der Waals surface area contributed by atoms with Crippen molar-refractivity contribution in [2.24, 2.45) is 11.3 Å². The molecule has 0 spiro atoms. The smallest absolute Gasteiger partial charge is 0.313 e. The Hall–Kier alpha value is -0.290. The summed E-state index contributed by atoms with van der Waals surface area (Å²) in [5.41, 5.74) is 0.165. The van der Waals surface area contributed by atoms with Crippen LogP contribution in [0.25, 0.3) is 0 Å². The molecule has 0 aromatic heterocycles. The molecule has 1 saturated carbocycles. The summed E-state index contributed by atoms with van der Waals surface area (Å²) in [6.45, 7) is 7.06. The lowest BCUT2D eigenvalue weighted by Gasteiger charge is -2.45. The third-order valence-electron chi connectivity index (χ3n) is 4.13. The largest absolute Gasteiger partial charge is 0.401 e. The van der Waals surface area contributed by atoms with Gasteiger partial charge in [-0.15, -0.1) is 0 Å². The average Bonchev–Trinajstić information content (AvgIpc) is 2.20. The van der Waals surface area contributed by atoms with Gasteiger partial charge >= 0.3 is 6.18 Å². The van der Waals surface area contributed by atoms with E-state index in [4.69, 9.17) is 0 Å². The van der Waals surface area contributed by atoms with Crippen LogP contribution in [0.2, 0.25) is 0 Å². The van der Waals surface area contributed by atoms with E-state index in [1.807, 2.05) is 0 Å². The predicted octanol–water partition coefficient (Wildman–Crippen LogP) is 3.28. The molecular formula is C14H27F3N2. The molecule has 1 aliphatic carbocycles. The lowest BCUT2D eigenvalue weighted by Crippen LogP contribution is -2.53. The van der Waals surface area contributed by atoms with Crippen LogP contribution in [0.5, 0.6) is 0 Å². The maximum Gasteiger partial charge on any atom is 0.401 e. The standard InChI is InChI=1S/C14H27F3N2/c1-5-18-12-11(7-6-8-13(12,2)3)9-19(4)10-14(15,16)17/h11-12,18H,5-10H2,1-4H3. The van der Waals surface area contributed by atoms with E-state index < -0.39 is 12.7 Å².